The van der Waals surface area contributed by atoms with Gasteiger partial charge in [0.1, 0.15) is 11.6 Å². The van der Waals surface area contributed by atoms with Gasteiger partial charge in [0.25, 0.3) is 0 Å². The molecule has 0 aliphatic rings. The lowest BCUT2D eigenvalue weighted by Crippen LogP contribution is -2.17. The van der Waals surface area contributed by atoms with Crippen LogP contribution in [0.1, 0.15) is 23.4 Å². The maximum atomic E-state index is 13.6. The van der Waals surface area contributed by atoms with Crippen LogP contribution in [0.25, 0.3) is 0 Å². The predicted molar refractivity (Wildman–Crippen MR) is 83.8 cm³/mol. The number of nitrogens with one attached hydrogen (secondary N) is 1. The van der Waals surface area contributed by atoms with Gasteiger partial charge in [0.2, 0.25) is 5.91 Å². The van der Waals surface area contributed by atoms with Crippen molar-refractivity contribution < 1.29 is 9.18 Å². The zero-order valence-electron chi connectivity index (χ0n) is 12.3. The number of aryl methyl sites for hydroxylation is 2. The van der Waals surface area contributed by atoms with Crippen molar-refractivity contribution in [3.05, 3.63) is 47.4 Å². The summed E-state index contributed by atoms with van der Waals surface area (Å²) in [5.74, 6) is 0.572. The molecule has 1 N–H and O–H groups in total. The summed E-state index contributed by atoms with van der Waals surface area (Å²) in [6.07, 6.45) is 0. The topological polar surface area (TPSA) is 46.9 Å². The molecule has 6 heteroatoms. The number of amides is 1. The number of carbonyl (C=O) groups excluding carboxylic acids is 1. The van der Waals surface area contributed by atoms with E-state index in [9.17, 15) is 9.18 Å². The Labute approximate surface area is 127 Å². The van der Waals surface area contributed by atoms with Crippen LogP contribution in [0.3, 0.4) is 0 Å². The summed E-state index contributed by atoms with van der Waals surface area (Å²) in [5.41, 5.74) is 1.46. The first kappa shape index (κ1) is 15.6. The number of anilines is 1. The lowest BCUT2D eigenvalue weighted by Gasteiger charge is -2.12. The predicted octanol–water partition coefficient (Wildman–Crippen LogP) is 3.30. The Kier molecular flexibility index (Phi) is 5.01. The van der Waals surface area contributed by atoms with Gasteiger partial charge in [0, 0.05) is 23.9 Å². The van der Waals surface area contributed by atoms with Crippen molar-refractivity contribution in [2.45, 2.75) is 19.1 Å². The van der Waals surface area contributed by atoms with Crippen LogP contribution in [-0.4, -0.2) is 21.4 Å². The average molecular weight is 307 g/mol. The van der Waals surface area contributed by atoms with Crippen LogP contribution in [0.15, 0.2) is 30.3 Å². The lowest BCUT2D eigenvalue weighted by molar-refractivity contribution is -0.113. The first-order valence-corrected chi connectivity index (χ1v) is 7.68. The molecule has 0 saturated carbocycles. The number of benzene rings is 1. The number of thioether (sulfide) groups is 1. The lowest BCUT2D eigenvalue weighted by atomic mass is 10.1. The number of carbonyl (C=O) groups is 1. The largest absolute Gasteiger partial charge is 0.310 e. The van der Waals surface area contributed by atoms with Crippen LogP contribution in [0.2, 0.25) is 0 Å². The molecule has 0 saturated heterocycles. The standard InChI is InChI=1S/C15H18FN3OS/c1-10-8-14(19(3)18-10)17-15(20)9-21-11(2)12-6-4-5-7-13(12)16/h4-8,11H,9H2,1-3H3,(H,17,20)/t11-/m1/s1. The summed E-state index contributed by atoms with van der Waals surface area (Å²) in [6, 6.07) is 8.45. The van der Waals surface area contributed by atoms with Crippen molar-refractivity contribution in [1.29, 1.82) is 0 Å². The van der Waals surface area contributed by atoms with Gasteiger partial charge in [0.15, 0.2) is 0 Å². The van der Waals surface area contributed by atoms with Crippen LogP contribution in [0, 0.1) is 12.7 Å². The molecule has 2 aromatic rings. The molecule has 0 fully saturated rings. The zero-order chi connectivity index (χ0) is 15.4. The molecule has 0 radical (unpaired) electrons. The molecule has 21 heavy (non-hydrogen) atoms. The molecule has 1 heterocycles. The van der Waals surface area contributed by atoms with E-state index in [1.807, 2.05) is 19.9 Å². The van der Waals surface area contributed by atoms with E-state index in [-0.39, 0.29) is 22.7 Å². The molecule has 1 aromatic heterocycles. The monoisotopic (exact) mass is 307 g/mol. The van der Waals surface area contributed by atoms with Gasteiger partial charge in [-0.15, -0.1) is 11.8 Å². The molecule has 112 valence electrons. The van der Waals surface area contributed by atoms with E-state index < -0.39 is 0 Å². The summed E-state index contributed by atoms with van der Waals surface area (Å²) in [7, 11) is 1.78. The molecule has 1 amide bonds. The first-order chi connectivity index (χ1) is 9.97. The quantitative estimate of drug-likeness (QED) is 0.922. The summed E-state index contributed by atoms with van der Waals surface area (Å²) in [4.78, 5) is 11.9. The molecule has 2 rings (SSSR count). The van der Waals surface area contributed by atoms with Gasteiger partial charge in [-0.2, -0.15) is 5.10 Å². The third-order valence-corrected chi connectivity index (χ3v) is 4.26. The maximum absolute atomic E-state index is 13.6. The molecule has 1 atom stereocenters. The Bertz CT molecular complexity index is 642. The highest BCUT2D eigenvalue weighted by atomic mass is 32.2. The van der Waals surface area contributed by atoms with Crippen molar-refractivity contribution in [2.75, 3.05) is 11.1 Å². The molecule has 0 unspecified atom stereocenters. The highest BCUT2D eigenvalue weighted by molar-refractivity contribution is 8.00. The second-order valence-corrected chi connectivity index (χ2v) is 6.15. The fourth-order valence-electron chi connectivity index (χ4n) is 2.00. The van der Waals surface area contributed by atoms with Gasteiger partial charge in [-0.1, -0.05) is 18.2 Å². The van der Waals surface area contributed by atoms with E-state index in [2.05, 4.69) is 10.4 Å². The Hall–Kier alpha value is -1.82. The first-order valence-electron chi connectivity index (χ1n) is 6.64. The van der Waals surface area contributed by atoms with E-state index in [1.54, 1.807) is 29.9 Å². The second kappa shape index (κ2) is 6.76. The Morgan fingerprint density at radius 3 is 2.81 bits per heavy atom. The second-order valence-electron chi connectivity index (χ2n) is 4.82. The van der Waals surface area contributed by atoms with E-state index >= 15 is 0 Å². The zero-order valence-corrected chi connectivity index (χ0v) is 13.1. The van der Waals surface area contributed by atoms with E-state index in [1.165, 1.54) is 17.8 Å². The Morgan fingerprint density at radius 1 is 1.48 bits per heavy atom. The van der Waals surface area contributed by atoms with Gasteiger partial charge in [-0.05, 0) is 19.9 Å². The number of halogens is 1. The minimum absolute atomic E-state index is 0.0785. The third-order valence-electron chi connectivity index (χ3n) is 3.08. The fourth-order valence-corrected chi connectivity index (χ4v) is 2.85. The molecule has 0 aliphatic heterocycles. The number of rotatable bonds is 5. The van der Waals surface area contributed by atoms with Gasteiger partial charge in [-0.25, -0.2) is 4.39 Å². The van der Waals surface area contributed by atoms with Crippen LogP contribution < -0.4 is 5.32 Å². The van der Waals surface area contributed by atoms with E-state index in [0.717, 1.165) is 5.69 Å². The summed E-state index contributed by atoms with van der Waals surface area (Å²) in [6.45, 7) is 3.76. The third kappa shape index (κ3) is 4.07. The molecule has 0 bridgehead atoms. The average Bonchev–Trinajstić information content (AvgIpc) is 2.74. The molecule has 0 aliphatic carbocycles. The van der Waals surface area contributed by atoms with Crippen molar-refractivity contribution in [3.8, 4) is 0 Å². The van der Waals surface area contributed by atoms with Gasteiger partial charge < -0.3 is 5.32 Å². The minimum atomic E-state index is -0.236. The fraction of sp³-hybridized carbons (Fsp3) is 0.333. The highest BCUT2D eigenvalue weighted by Gasteiger charge is 2.13. The van der Waals surface area contributed by atoms with Gasteiger partial charge in [0.05, 0.1) is 11.4 Å². The van der Waals surface area contributed by atoms with E-state index in [4.69, 9.17) is 0 Å². The SMILES string of the molecule is Cc1cc(NC(=O)CS[C@H](C)c2ccccc2F)n(C)n1. The van der Waals surface area contributed by atoms with Crippen molar-refractivity contribution in [1.82, 2.24) is 9.78 Å². The normalized spacial score (nSPS) is 12.2. The number of hydrogen-bond donors (Lipinski definition) is 1. The van der Waals surface area contributed by atoms with Crippen LogP contribution in [0.5, 0.6) is 0 Å². The molecule has 4 nitrogen and oxygen atoms in total. The summed E-state index contributed by atoms with van der Waals surface area (Å²) < 4.78 is 15.3. The summed E-state index contributed by atoms with van der Waals surface area (Å²) >= 11 is 1.40. The summed E-state index contributed by atoms with van der Waals surface area (Å²) in [5, 5.41) is 6.89. The van der Waals surface area contributed by atoms with Crippen molar-refractivity contribution in [3.63, 3.8) is 0 Å². The molecular weight excluding hydrogens is 289 g/mol. The Morgan fingerprint density at radius 2 is 2.19 bits per heavy atom. The smallest absolute Gasteiger partial charge is 0.235 e. The Balaban J connectivity index is 1.89. The number of nitrogens with zero attached hydrogens (tertiary/aromatic N) is 2. The highest BCUT2D eigenvalue weighted by Crippen LogP contribution is 2.29. The number of hydrogen-bond acceptors (Lipinski definition) is 3. The van der Waals surface area contributed by atoms with Crippen molar-refractivity contribution in [2.24, 2.45) is 7.05 Å². The van der Waals surface area contributed by atoms with Gasteiger partial charge >= 0.3 is 0 Å². The molecule has 0 spiro atoms. The maximum Gasteiger partial charge on any atom is 0.235 e. The minimum Gasteiger partial charge on any atom is -0.310 e. The van der Waals surface area contributed by atoms with Gasteiger partial charge in [-0.3, -0.25) is 9.48 Å². The van der Waals surface area contributed by atoms with Crippen LogP contribution in [0.4, 0.5) is 10.2 Å². The molecular formula is C15H18FN3OS. The van der Waals surface area contributed by atoms with Crippen molar-refractivity contribution >= 4 is 23.5 Å². The van der Waals surface area contributed by atoms with Crippen LogP contribution >= 0.6 is 11.8 Å². The molecule has 1 aromatic carbocycles. The number of aromatic nitrogens is 2. The van der Waals surface area contributed by atoms with E-state index in [0.29, 0.717) is 11.4 Å². The van der Waals surface area contributed by atoms with Crippen LogP contribution in [-0.2, 0) is 11.8 Å².